The van der Waals surface area contributed by atoms with Gasteiger partial charge in [-0.05, 0) is 36.3 Å². The van der Waals surface area contributed by atoms with Crippen molar-refractivity contribution in [3.8, 4) is 0 Å². The van der Waals surface area contributed by atoms with Crippen LogP contribution in [0.3, 0.4) is 0 Å². The second-order valence-corrected chi connectivity index (χ2v) is 7.10. The topological polar surface area (TPSA) is 75.8 Å². The molecule has 1 amide bonds. The fraction of sp³-hybridized carbons (Fsp3) is 0.158. The van der Waals surface area contributed by atoms with Crippen LogP contribution in [-0.2, 0) is 4.79 Å². The van der Waals surface area contributed by atoms with Gasteiger partial charge in [-0.2, -0.15) is 0 Å². The van der Waals surface area contributed by atoms with E-state index in [1.54, 1.807) is 17.0 Å². The van der Waals surface area contributed by atoms with Crippen LogP contribution in [-0.4, -0.2) is 26.7 Å². The standard InChI is InChI=1S/C19H15N3O3S/c1-12-2-4-13(5-3-12)16-10-17(21-18(23)11-26-19(21)20-16)14-6-8-15(9-7-14)22(24)25/h2-10,17H,11H2,1H3/t17-/m1/s1. The highest BCUT2D eigenvalue weighted by atomic mass is 32.2. The number of aliphatic imine (C=N–C) groups is 1. The molecule has 2 aliphatic rings. The number of benzene rings is 2. The number of nitro groups is 1. The summed E-state index contributed by atoms with van der Waals surface area (Å²) in [7, 11) is 0. The van der Waals surface area contributed by atoms with Crippen molar-refractivity contribution in [2.75, 3.05) is 5.75 Å². The Bertz CT molecular complexity index is 949. The molecular weight excluding hydrogens is 350 g/mol. The Morgan fingerprint density at radius 2 is 1.85 bits per heavy atom. The van der Waals surface area contributed by atoms with E-state index in [9.17, 15) is 14.9 Å². The molecule has 6 nitrogen and oxygen atoms in total. The van der Waals surface area contributed by atoms with Gasteiger partial charge in [-0.25, -0.2) is 4.99 Å². The number of thioether (sulfide) groups is 1. The molecular formula is C19H15N3O3S. The number of nitrogens with zero attached hydrogens (tertiary/aromatic N) is 3. The number of carbonyl (C=O) groups is 1. The van der Waals surface area contributed by atoms with Gasteiger partial charge >= 0.3 is 0 Å². The summed E-state index contributed by atoms with van der Waals surface area (Å²) in [5.41, 5.74) is 3.81. The van der Waals surface area contributed by atoms with Crippen LogP contribution in [0.1, 0.15) is 22.7 Å². The molecule has 0 radical (unpaired) electrons. The van der Waals surface area contributed by atoms with Gasteiger partial charge in [-0.15, -0.1) is 0 Å². The van der Waals surface area contributed by atoms with Crippen molar-refractivity contribution in [2.45, 2.75) is 13.0 Å². The first-order valence-corrected chi connectivity index (χ1v) is 9.08. The lowest BCUT2D eigenvalue weighted by atomic mass is 10.00. The second kappa shape index (κ2) is 6.42. The smallest absolute Gasteiger partial charge is 0.269 e. The number of amidine groups is 1. The van der Waals surface area contributed by atoms with Gasteiger partial charge < -0.3 is 0 Å². The van der Waals surface area contributed by atoms with E-state index in [-0.39, 0.29) is 17.6 Å². The SMILES string of the molecule is Cc1ccc(C2=C[C@H](c3ccc([N+](=O)[O-])cc3)N3C(=O)CSC3=N2)cc1. The molecule has 2 aromatic carbocycles. The molecule has 0 bridgehead atoms. The maximum atomic E-state index is 12.3. The van der Waals surface area contributed by atoms with Gasteiger partial charge in [0.2, 0.25) is 5.91 Å². The maximum absolute atomic E-state index is 12.3. The van der Waals surface area contributed by atoms with E-state index in [0.29, 0.717) is 10.9 Å². The summed E-state index contributed by atoms with van der Waals surface area (Å²) in [6, 6.07) is 14.1. The molecule has 0 N–H and O–H groups in total. The van der Waals surface area contributed by atoms with Crippen molar-refractivity contribution in [3.63, 3.8) is 0 Å². The van der Waals surface area contributed by atoms with E-state index in [1.807, 2.05) is 37.3 Å². The Morgan fingerprint density at radius 1 is 1.15 bits per heavy atom. The Kier molecular flexibility index (Phi) is 4.08. The minimum Gasteiger partial charge on any atom is -0.279 e. The van der Waals surface area contributed by atoms with Crippen LogP contribution >= 0.6 is 11.8 Å². The summed E-state index contributed by atoms with van der Waals surface area (Å²) in [6.07, 6.45) is 1.94. The van der Waals surface area contributed by atoms with Gasteiger partial charge in [0.15, 0.2) is 5.17 Å². The first kappa shape index (κ1) is 16.5. The molecule has 0 unspecified atom stereocenters. The van der Waals surface area contributed by atoms with Crippen molar-refractivity contribution in [1.82, 2.24) is 4.90 Å². The third-order valence-corrected chi connectivity index (χ3v) is 5.34. The summed E-state index contributed by atoms with van der Waals surface area (Å²) in [5.74, 6) is 0.355. The minimum absolute atomic E-state index is 0.00342. The Hall–Kier alpha value is -2.93. The lowest BCUT2D eigenvalue weighted by molar-refractivity contribution is -0.384. The third-order valence-electron chi connectivity index (χ3n) is 4.40. The number of rotatable bonds is 3. The van der Waals surface area contributed by atoms with Gasteiger partial charge in [0.25, 0.3) is 5.69 Å². The van der Waals surface area contributed by atoms with E-state index in [1.165, 1.54) is 23.9 Å². The zero-order chi connectivity index (χ0) is 18.3. The number of fused-ring (bicyclic) bond motifs is 1. The van der Waals surface area contributed by atoms with Crippen LogP contribution < -0.4 is 0 Å². The van der Waals surface area contributed by atoms with Gasteiger partial charge in [-0.1, -0.05) is 41.6 Å². The summed E-state index contributed by atoms with van der Waals surface area (Å²) < 4.78 is 0. The van der Waals surface area contributed by atoms with Gasteiger partial charge in [0.1, 0.15) is 0 Å². The normalized spacial score (nSPS) is 19.0. The Balaban J connectivity index is 1.77. The lowest BCUT2D eigenvalue weighted by Gasteiger charge is -2.29. The highest BCUT2D eigenvalue weighted by molar-refractivity contribution is 8.15. The zero-order valence-corrected chi connectivity index (χ0v) is 14.8. The highest BCUT2D eigenvalue weighted by Gasteiger charge is 2.37. The van der Waals surface area contributed by atoms with Crippen molar-refractivity contribution >= 4 is 34.2 Å². The molecule has 1 atom stereocenters. The monoisotopic (exact) mass is 365 g/mol. The summed E-state index contributed by atoms with van der Waals surface area (Å²) in [4.78, 5) is 29.1. The van der Waals surface area contributed by atoms with Crippen LogP contribution in [0, 0.1) is 17.0 Å². The molecule has 0 saturated carbocycles. The van der Waals surface area contributed by atoms with E-state index in [4.69, 9.17) is 0 Å². The molecule has 130 valence electrons. The highest BCUT2D eigenvalue weighted by Crippen LogP contribution is 2.38. The van der Waals surface area contributed by atoms with Gasteiger partial charge in [0.05, 0.1) is 22.4 Å². The van der Waals surface area contributed by atoms with Crippen LogP contribution in [0.15, 0.2) is 59.6 Å². The van der Waals surface area contributed by atoms with E-state index < -0.39 is 4.92 Å². The molecule has 4 rings (SSSR count). The predicted octanol–water partition coefficient (Wildman–Crippen LogP) is 3.93. The number of nitro benzene ring substituents is 1. The molecule has 7 heteroatoms. The lowest BCUT2D eigenvalue weighted by Crippen LogP contribution is -2.34. The molecule has 2 heterocycles. The Labute approximate surface area is 154 Å². The second-order valence-electron chi connectivity index (χ2n) is 6.16. The fourth-order valence-electron chi connectivity index (χ4n) is 3.02. The quantitative estimate of drug-likeness (QED) is 0.610. The Morgan fingerprint density at radius 3 is 2.50 bits per heavy atom. The summed E-state index contributed by atoms with van der Waals surface area (Å²) in [6.45, 7) is 2.03. The summed E-state index contributed by atoms with van der Waals surface area (Å²) >= 11 is 1.42. The molecule has 0 aliphatic carbocycles. The number of amides is 1. The van der Waals surface area contributed by atoms with Crippen molar-refractivity contribution < 1.29 is 9.72 Å². The van der Waals surface area contributed by atoms with Crippen molar-refractivity contribution in [2.24, 2.45) is 4.99 Å². The van der Waals surface area contributed by atoms with E-state index >= 15 is 0 Å². The number of carbonyl (C=O) groups excluding carboxylic acids is 1. The fourth-order valence-corrected chi connectivity index (χ4v) is 3.93. The van der Waals surface area contributed by atoms with Gasteiger partial charge in [-0.3, -0.25) is 19.8 Å². The van der Waals surface area contributed by atoms with Crippen molar-refractivity contribution in [3.05, 3.63) is 81.4 Å². The zero-order valence-electron chi connectivity index (χ0n) is 14.0. The molecule has 26 heavy (non-hydrogen) atoms. The molecule has 2 aliphatic heterocycles. The maximum Gasteiger partial charge on any atom is 0.269 e. The number of hydrogen-bond acceptors (Lipinski definition) is 5. The first-order chi connectivity index (χ1) is 12.5. The van der Waals surface area contributed by atoms with Gasteiger partial charge in [0, 0.05) is 12.1 Å². The number of non-ortho nitro benzene ring substituents is 1. The largest absolute Gasteiger partial charge is 0.279 e. The van der Waals surface area contributed by atoms with Crippen LogP contribution in [0.5, 0.6) is 0 Å². The van der Waals surface area contributed by atoms with Crippen molar-refractivity contribution in [1.29, 1.82) is 0 Å². The first-order valence-electron chi connectivity index (χ1n) is 8.10. The predicted molar refractivity (Wildman–Crippen MR) is 102 cm³/mol. The average molecular weight is 365 g/mol. The van der Waals surface area contributed by atoms with Crippen LogP contribution in [0.4, 0.5) is 5.69 Å². The third kappa shape index (κ3) is 2.90. The molecule has 2 aromatic rings. The van der Waals surface area contributed by atoms with Crippen LogP contribution in [0.2, 0.25) is 0 Å². The van der Waals surface area contributed by atoms with E-state index in [0.717, 1.165) is 22.4 Å². The number of hydrogen-bond donors (Lipinski definition) is 0. The van der Waals surface area contributed by atoms with Crippen LogP contribution in [0.25, 0.3) is 5.70 Å². The minimum atomic E-state index is -0.429. The molecule has 1 fully saturated rings. The number of aryl methyl sites for hydroxylation is 1. The summed E-state index contributed by atoms with van der Waals surface area (Å²) in [5, 5.41) is 11.6. The van der Waals surface area contributed by atoms with E-state index in [2.05, 4.69) is 4.99 Å². The molecule has 1 saturated heterocycles. The molecule has 0 spiro atoms. The molecule has 0 aromatic heterocycles. The average Bonchev–Trinajstić information content (AvgIpc) is 3.03.